The Morgan fingerprint density at radius 2 is 0.921 bits per heavy atom. The second kappa shape index (κ2) is 30.4. The van der Waals surface area contributed by atoms with Crippen molar-refractivity contribution in [1.29, 1.82) is 0 Å². The van der Waals surface area contributed by atoms with Crippen LogP contribution in [-0.2, 0) is 51.2 Å². The van der Waals surface area contributed by atoms with Crippen LogP contribution in [-0.4, -0.2) is 182 Å². The number of nitrogens with one attached hydrogen (secondary N) is 6. The maximum Gasteiger partial charge on any atom is 0.471 e. The van der Waals surface area contributed by atoms with Crippen LogP contribution in [0, 0.1) is 0 Å². The lowest BCUT2D eigenvalue weighted by molar-refractivity contribution is -0.186. The number of nitrogens with zero attached hydrogens (tertiary/aromatic N) is 4. The molecule has 2 heterocycles. The van der Waals surface area contributed by atoms with Crippen molar-refractivity contribution in [2.75, 3.05) is 66.5 Å². The van der Waals surface area contributed by atoms with E-state index in [1.54, 1.807) is 88.6 Å². The van der Waals surface area contributed by atoms with Gasteiger partial charge in [0, 0.05) is 64.4 Å². The Labute approximate surface area is 440 Å². The van der Waals surface area contributed by atoms with Crippen LogP contribution in [0.25, 0.3) is 0 Å². The maximum absolute atomic E-state index is 14.1. The maximum atomic E-state index is 14.1. The van der Waals surface area contributed by atoms with E-state index in [2.05, 4.69) is 31.9 Å². The Kier molecular flexibility index (Phi) is 24.9. The average molecular weight is 1080 g/mol. The highest BCUT2D eigenvalue weighted by molar-refractivity contribution is 6.35. The zero-order chi connectivity index (χ0) is 56.0. The molecule has 0 spiro atoms. The van der Waals surface area contributed by atoms with Gasteiger partial charge in [-0.25, -0.2) is 0 Å². The van der Waals surface area contributed by atoms with Gasteiger partial charge in [0.25, 0.3) is 0 Å². The lowest BCUT2D eigenvalue weighted by atomic mass is 10.1. The van der Waals surface area contributed by atoms with Gasteiger partial charge in [-0.05, 0) is 116 Å². The number of carbonyl (C=O) groups excluding carboxylic acids is 8. The van der Waals surface area contributed by atoms with Gasteiger partial charge in [-0.3, -0.25) is 38.4 Å². The molecule has 2 aliphatic rings. The summed E-state index contributed by atoms with van der Waals surface area (Å²) in [7, 11) is 3.11. The molecule has 8 amide bonds. The molecule has 2 saturated heterocycles. The van der Waals surface area contributed by atoms with Crippen LogP contribution in [0.2, 0.25) is 0 Å². The molecular formula is C52H74F6N10O8. The number of likely N-dealkylation sites (N-methyl/N-ethyl adjacent to an activating group) is 2. The first kappa shape index (κ1) is 62.2. The number of alkyl halides is 6. The van der Waals surface area contributed by atoms with E-state index in [0.29, 0.717) is 25.7 Å². The second-order valence-electron chi connectivity index (χ2n) is 19.3. The van der Waals surface area contributed by atoms with E-state index < -0.39 is 95.9 Å². The monoisotopic (exact) mass is 1080 g/mol. The fraction of sp³-hybridized carbons (Fsp3) is 0.615. The molecule has 0 aliphatic carbocycles. The van der Waals surface area contributed by atoms with Gasteiger partial charge in [-0.15, -0.1) is 0 Å². The van der Waals surface area contributed by atoms with Gasteiger partial charge >= 0.3 is 36.0 Å². The SMILES string of the molecule is CN[C@@H](C)C(=O)N[C@@H](CCCCNC(=O)C(=O)NCCCC[C@H](NC(=O)[C@@H](C)NC)C(=O)N1CCC[C@H]1CN(CCc1ccccc1)C(=O)C(F)(F)F)C(=O)N1CCC[C@H]1CN(CCc1ccccc1)C(=O)C(F)(F)F. The summed E-state index contributed by atoms with van der Waals surface area (Å²) in [5.41, 5.74) is 1.47. The predicted molar refractivity (Wildman–Crippen MR) is 270 cm³/mol. The normalized spacial score (nSPS) is 17.2. The van der Waals surface area contributed by atoms with Crippen LogP contribution in [0.3, 0.4) is 0 Å². The number of unbranched alkanes of at least 4 members (excludes halogenated alkanes) is 2. The number of hydrogen-bond acceptors (Lipinski definition) is 10. The van der Waals surface area contributed by atoms with Crippen molar-refractivity contribution >= 4 is 47.3 Å². The van der Waals surface area contributed by atoms with Crippen molar-refractivity contribution < 1.29 is 64.7 Å². The number of likely N-dealkylation sites (tertiary alicyclic amines) is 2. The smallest absolute Gasteiger partial charge is 0.348 e. The number of carbonyl (C=O) groups is 8. The first-order valence-corrected chi connectivity index (χ1v) is 26.0. The third-order valence-electron chi connectivity index (χ3n) is 13.8. The molecule has 0 bridgehead atoms. The molecule has 18 nitrogen and oxygen atoms in total. The number of rotatable bonds is 28. The van der Waals surface area contributed by atoms with Crippen LogP contribution < -0.4 is 31.9 Å². The van der Waals surface area contributed by atoms with Crippen molar-refractivity contribution in [1.82, 2.24) is 51.5 Å². The van der Waals surface area contributed by atoms with Gasteiger partial charge in [0.15, 0.2) is 0 Å². The Morgan fingerprint density at radius 3 is 1.25 bits per heavy atom. The van der Waals surface area contributed by atoms with Crippen molar-refractivity contribution in [3.8, 4) is 0 Å². The van der Waals surface area contributed by atoms with Gasteiger partial charge in [0.1, 0.15) is 12.1 Å². The summed E-state index contributed by atoms with van der Waals surface area (Å²) in [4.78, 5) is 109. The van der Waals surface area contributed by atoms with Crippen LogP contribution >= 0.6 is 0 Å². The van der Waals surface area contributed by atoms with Crippen molar-refractivity contribution in [2.45, 2.75) is 140 Å². The topological polar surface area (TPSA) is 222 Å². The first-order chi connectivity index (χ1) is 36.0. The lowest BCUT2D eigenvalue weighted by Crippen LogP contribution is -2.55. The Hall–Kier alpha value is -6.30. The molecule has 76 heavy (non-hydrogen) atoms. The number of benzene rings is 2. The zero-order valence-electron chi connectivity index (χ0n) is 43.7. The number of amides is 8. The van der Waals surface area contributed by atoms with Crippen molar-refractivity contribution in [2.24, 2.45) is 0 Å². The fourth-order valence-electron chi connectivity index (χ4n) is 9.15. The van der Waals surface area contributed by atoms with E-state index in [1.807, 2.05) is 0 Å². The minimum Gasteiger partial charge on any atom is -0.348 e. The van der Waals surface area contributed by atoms with Crippen LogP contribution in [0.1, 0.15) is 89.2 Å². The highest BCUT2D eigenvalue weighted by atomic mass is 19.4. The summed E-state index contributed by atoms with van der Waals surface area (Å²) < 4.78 is 82.5. The van der Waals surface area contributed by atoms with E-state index in [-0.39, 0.29) is 104 Å². The van der Waals surface area contributed by atoms with E-state index in [4.69, 9.17) is 0 Å². The molecule has 24 heteroatoms. The Morgan fingerprint density at radius 1 is 0.566 bits per heavy atom. The zero-order valence-corrected chi connectivity index (χ0v) is 43.7. The molecule has 2 aliphatic heterocycles. The highest BCUT2D eigenvalue weighted by Crippen LogP contribution is 2.27. The third kappa shape index (κ3) is 19.7. The first-order valence-electron chi connectivity index (χ1n) is 26.0. The minimum absolute atomic E-state index is 0.0114. The standard InChI is InChI=1S/C52H74F6N10O8/c1-35(59-3)43(69)63-41(47(73)67-29-15-21-39(67)33-65(49(75)51(53,54)55)31-25-37-17-7-5-8-18-37)23-11-13-27-61-45(71)46(72)62-28-14-12-24-42(64-44(70)36(2)60-4)48(74)68-30-16-22-40(68)34-66(50(76)52(56,57)58)32-26-38-19-9-6-10-20-38/h5-10,17-20,35-36,39-42,59-60H,11-16,21-34H2,1-4H3,(H,61,71)(H,62,72)(H,63,69)(H,64,70)/t35-,36+,39-,40-,41-,42-/m0/s1. The molecule has 0 saturated carbocycles. The number of hydrogen-bond donors (Lipinski definition) is 6. The van der Waals surface area contributed by atoms with Gasteiger partial charge in [0.05, 0.1) is 12.1 Å². The lowest BCUT2D eigenvalue weighted by Gasteiger charge is -2.33. The molecule has 2 fully saturated rings. The summed E-state index contributed by atoms with van der Waals surface area (Å²) in [6.45, 7) is 2.44. The molecule has 0 unspecified atom stereocenters. The van der Waals surface area contributed by atoms with Crippen molar-refractivity contribution in [3.05, 3.63) is 71.8 Å². The molecule has 0 radical (unpaired) electrons. The molecule has 2 aromatic rings. The molecule has 422 valence electrons. The summed E-state index contributed by atoms with van der Waals surface area (Å²) in [6, 6.07) is 12.4. The van der Waals surface area contributed by atoms with Crippen LogP contribution in [0.4, 0.5) is 26.3 Å². The predicted octanol–water partition coefficient (Wildman–Crippen LogP) is 2.99. The Bertz CT molecular complexity index is 2070. The molecule has 6 N–H and O–H groups in total. The molecular weight excluding hydrogens is 1010 g/mol. The highest BCUT2D eigenvalue weighted by Gasteiger charge is 2.46. The largest absolute Gasteiger partial charge is 0.471 e. The van der Waals surface area contributed by atoms with Gasteiger partial charge in [-0.2, -0.15) is 26.3 Å². The molecule has 0 aromatic heterocycles. The van der Waals surface area contributed by atoms with Gasteiger partial charge < -0.3 is 51.5 Å². The molecule has 4 rings (SSSR count). The summed E-state index contributed by atoms with van der Waals surface area (Å²) in [5.74, 6) is -7.93. The summed E-state index contributed by atoms with van der Waals surface area (Å²) in [6.07, 6.45) is -7.03. The summed E-state index contributed by atoms with van der Waals surface area (Å²) >= 11 is 0. The fourth-order valence-corrected chi connectivity index (χ4v) is 9.15. The van der Waals surface area contributed by atoms with Gasteiger partial charge in [0.2, 0.25) is 23.6 Å². The molecule has 6 atom stereocenters. The number of halogens is 6. The molecule has 2 aromatic carbocycles. The van der Waals surface area contributed by atoms with E-state index in [9.17, 15) is 64.7 Å². The van der Waals surface area contributed by atoms with Gasteiger partial charge in [-0.1, -0.05) is 60.7 Å². The third-order valence-corrected chi connectivity index (χ3v) is 13.8. The average Bonchev–Trinajstić information content (AvgIpc) is 4.08. The quantitative estimate of drug-likeness (QED) is 0.0416. The minimum atomic E-state index is -5.13. The second-order valence-corrected chi connectivity index (χ2v) is 19.3. The Balaban J connectivity index is 1.28. The van der Waals surface area contributed by atoms with E-state index in [1.165, 1.54) is 9.80 Å². The van der Waals surface area contributed by atoms with E-state index >= 15 is 0 Å². The van der Waals surface area contributed by atoms with Crippen LogP contribution in [0.5, 0.6) is 0 Å². The van der Waals surface area contributed by atoms with E-state index in [0.717, 1.165) is 20.9 Å². The summed E-state index contributed by atoms with van der Waals surface area (Å²) in [5, 5.41) is 16.1. The van der Waals surface area contributed by atoms with Crippen LogP contribution in [0.15, 0.2) is 60.7 Å². The van der Waals surface area contributed by atoms with Crippen molar-refractivity contribution in [3.63, 3.8) is 0 Å².